The van der Waals surface area contributed by atoms with E-state index < -0.39 is 0 Å². The second-order valence-corrected chi connectivity index (χ2v) is 29.2. The summed E-state index contributed by atoms with van der Waals surface area (Å²) in [6.45, 7) is 0. The van der Waals surface area contributed by atoms with Gasteiger partial charge in [0.2, 0.25) is 5.95 Å². The van der Waals surface area contributed by atoms with E-state index in [0.29, 0.717) is 5.95 Å². The molecule has 5 nitrogen and oxygen atoms in total. The first-order valence-electron chi connectivity index (χ1n) is 33.3. The van der Waals surface area contributed by atoms with Crippen LogP contribution in [0.1, 0.15) is 0 Å². The number of para-hydroxylation sites is 3. The molecule has 7 heterocycles. The van der Waals surface area contributed by atoms with E-state index in [-0.39, 0.29) is 0 Å². The maximum Gasteiger partial charge on any atom is 0.235 e. The highest BCUT2D eigenvalue weighted by Gasteiger charge is 2.24. The minimum absolute atomic E-state index is 0.609. The monoisotopic (exact) mass is 1300 g/mol. The lowest BCUT2D eigenvalue weighted by atomic mass is 9.97. The van der Waals surface area contributed by atoms with Crippen molar-refractivity contribution in [3.8, 4) is 62.0 Å². The Hall–Kier alpha value is -12.0. The van der Waals surface area contributed by atoms with Crippen molar-refractivity contribution in [2.24, 2.45) is 0 Å². The molecule has 0 N–H and O–H groups in total. The maximum absolute atomic E-state index is 5.99. The van der Waals surface area contributed by atoms with Crippen LogP contribution in [0.4, 0.5) is 0 Å². The van der Waals surface area contributed by atoms with Gasteiger partial charge < -0.3 is 9.13 Å². The molecule has 0 aliphatic rings. The normalized spacial score (nSPS) is 12.3. The molecule has 0 aliphatic heterocycles. The molecule has 454 valence electrons. The highest BCUT2D eigenvalue weighted by Crippen LogP contribution is 2.46. The Morgan fingerprint density at radius 3 is 1.06 bits per heavy atom. The first kappa shape index (κ1) is 54.2. The smallest absolute Gasteiger partial charge is 0.235 e. The summed E-state index contributed by atoms with van der Waals surface area (Å²) in [5.74, 6) is 0.609. The molecule has 0 aliphatic carbocycles. The zero-order valence-electron chi connectivity index (χ0n) is 52.4. The van der Waals surface area contributed by atoms with Gasteiger partial charge in [0.05, 0.1) is 50.0 Å². The van der Waals surface area contributed by atoms with Crippen molar-refractivity contribution in [2.75, 3.05) is 0 Å². The fourth-order valence-corrected chi connectivity index (χ4v) is 19.6. The lowest BCUT2D eigenvalue weighted by molar-refractivity contribution is 1.01. The van der Waals surface area contributed by atoms with Crippen LogP contribution in [0.5, 0.6) is 0 Å². The molecule has 0 unspecified atom stereocenters. The van der Waals surface area contributed by atoms with Crippen molar-refractivity contribution in [3.05, 3.63) is 309 Å². The van der Waals surface area contributed by atoms with Gasteiger partial charge in [-0.2, -0.15) is 0 Å². The van der Waals surface area contributed by atoms with E-state index in [0.717, 1.165) is 93.7 Å². The van der Waals surface area contributed by atoms with Gasteiger partial charge in [0.15, 0.2) is 0 Å². The van der Waals surface area contributed by atoms with E-state index in [1.54, 1.807) is 0 Å². The number of aromatic nitrogens is 5. The van der Waals surface area contributed by atoms with Gasteiger partial charge in [0.1, 0.15) is 0 Å². The molecule has 0 spiro atoms. The minimum Gasteiger partial charge on any atom is -0.309 e. The van der Waals surface area contributed by atoms with Gasteiger partial charge >= 0.3 is 0 Å². The standard InChI is InChI=1S/C90H51N5S3/c1-2-16-60-59(15-1)73(42-44-79(60)94-77-24-10-4-18-62(77)65-37-30-53(46-81(65)94)56-33-40-71-68-21-7-13-27-84(68)97-87(71)49-56)89-74-51-58(93-76-23-9-3-17-61(76)64-36-29-52(45-80(64)93)55-32-39-70-67-20-6-12-26-83(67)96-86(70)48-55)35-43-75(74)91-90(92-89)95-78-25-11-5-19-63(78)66-38-31-54(47-82(66)95)57-34-41-72-69-22-8-14-28-85(69)98-88(72)50-57/h1-51H. The van der Waals surface area contributed by atoms with Crippen molar-refractivity contribution in [2.45, 2.75) is 0 Å². The number of hydrogen-bond acceptors (Lipinski definition) is 5. The van der Waals surface area contributed by atoms with Gasteiger partial charge in [-0.1, -0.05) is 212 Å². The second kappa shape index (κ2) is 20.7. The third kappa shape index (κ3) is 7.99. The summed E-state index contributed by atoms with van der Waals surface area (Å²) in [6, 6.07) is 115. The average Bonchev–Trinajstić information content (AvgIpc) is 1.44. The number of benzene rings is 15. The van der Waals surface area contributed by atoms with Crippen molar-refractivity contribution in [3.63, 3.8) is 0 Å². The summed E-state index contributed by atoms with van der Waals surface area (Å²) in [6.07, 6.45) is 0. The van der Waals surface area contributed by atoms with Gasteiger partial charge in [-0.15, -0.1) is 34.0 Å². The molecule has 98 heavy (non-hydrogen) atoms. The SMILES string of the molecule is c1ccc2c(c1)sc1cc(-c3ccc4c5ccccc5n(-c5ccc6nc(-n7c8ccccc8c8ccc(-c9ccc%10c(c9)sc9ccccc9%10)cc87)nc(-c7ccc(-n8c9ccccc9c9ccc(-c%10ccc%11c(c%10)sc%10ccccc%10%11)cc98)c8ccccc78)c6c5)c4c3)ccc12. The quantitative estimate of drug-likeness (QED) is 0.160. The van der Waals surface area contributed by atoms with E-state index in [9.17, 15) is 0 Å². The van der Waals surface area contributed by atoms with E-state index in [2.05, 4.69) is 323 Å². The lowest BCUT2D eigenvalue weighted by Crippen LogP contribution is -2.05. The highest BCUT2D eigenvalue weighted by molar-refractivity contribution is 7.26. The molecule has 0 radical (unpaired) electrons. The summed E-state index contributed by atoms with van der Waals surface area (Å²) in [5, 5.41) is 18.1. The third-order valence-electron chi connectivity index (χ3n) is 20.7. The van der Waals surface area contributed by atoms with Crippen LogP contribution in [0.2, 0.25) is 0 Å². The number of thiophene rings is 3. The zero-order valence-corrected chi connectivity index (χ0v) is 54.9. The summed E-state index contributed by atoms with van der Waals surface area (Å²) in [7, 11) is 0. The molecule has 15 aromatic carbocycles. The Labute approximate surface area is 572 Å². The summed E-state index contributed by atoms with van der Waals surface area (Å²) >= 11 is 5.58. The van der Waals surface area contributed by atoms with Gasteiger partial charge in [-0.05, 0) is 136 Å². The molecule has 0 saturated heterocycles. The summed E-state index contributed by atoms with van der Waals surface area (Å²) in [4.78, 5) is 11.7. The third-order valence-corrected chi connectivity index (χ3v) is 24.1. The molecule has 8 heteroatoms. The molecular weight excluding hydrogens is 1250 g/mol. The minimum atomic E-state index is 0.609. The van der Waals surface area contributed by atoms with Gasteiger partial charge in [0, 0.05) is 115 Å². The van der Waals surface area contributed by atoms with Crippen LogP contribution >= 0.6 is 34.0 Å². The number of fused-ring (bicyclic) bond motifs is 20. The van der Waals surface area contributed by atoms with Crippen molar-refractivity contribution < 1.29 is 0 Å². The molecule has 0 saturated carbocycles. The fraction of sp³-hybridized carbons (Fsp3) is 0. The zero-order chi connectivity index (χ0) is 63.8. The molecule has 0 bridgehead atoms. The van der Waals surface area contributed by atoms with E-state index >= 15 is 0 Å². The second-order valence-electron chi connectivity index (χ2n) is 25.9. The van der Waals surface area contributed by atoms with Crippen LogP contribution in [0, 0.1) is 0 Å². The Kier molecular flexibility index (Phi) is 11.5. The number of hydrogen-bond donors (Lipinski definition) is 0. The molecule has 7 aromatic heterocycles. The van der Waals surface area contributed by atoms with Crippen LogP contribution in [0.3, 0.4) is 0 Å². The lowest BCUT2D eigenvalue weighted by Gasteiger charge is -2.17. The van der Waals surface area contributed by atoms with Gasteiger partial charge in [0.25, 0.3) is 0 Å². The fourth-order valence-electron chi connectivity index (χ4n) is 16.2. The molecule has 22 aromatic rings. The van der Waals surface area contributed by atoms with E-state index in [4.69, 9.17) is 9.97 Å². The van der Waals surface area contributed by atoms with Crippen molar-refractivity contribution in [1.29, 1.82) is 0 Å². The maximum atomic E-state index is 5.99. The van der Waals surface area contributed by atoms with Crippen LogP contribution < -0.4 is 0 Å². The molecule has 22 rings (SSSR count). The number of rotatable bonds is 7. The summed E-state index contributed by atoms with van der Waals surface area (Å²) in [5.41, 5.74) is 18.6. The first-order valence-corrected chi connectivity index (χ1v) is 35.7. The van der Waals surface area contributed by atoms with E-state index in [1.165, 1.54) is 110 Å². The largest absolute Gasteiger partial charge is 0.309 e. The number of nitrogens with zero attached hydrogens (tertiary/aromatic N) is 5. The van der Waals surface area contributed by atoms with Crippen molar-refractivity contribution in [1.82, 2.24) is 23.7 Å². The molecule has 0 amide bonds. The summed E-state index contributed by atoms with van der Waals surface area (Å²) < 4.78 is 15.0. The first-order chi connectivity index (χ1) is 48.5. The predicted molar refractivity (Wildman–Crippen MR) is 420 cm³/mol. The van der Waals surface area contributed by atoms with Crippen LogP contribution in [0.15, 0.2) is 309 Å². The molecule has 0 fully saturated rings. The predicted octanol–water partition coefficient (Wildman–Crippen LogP) is 25.8. The molecule has 0 atom stereocenters. The molecular formula is C90H51N5S3. The van der Waals surface area contributed by atoms with Crippen molar-refractivity contribution >= 4 is 182 Å². The Bertz CT molecular complexity index is 7210. The van der Waals surface area contributed by atoms with Crippen LogP contribution in [-0.2, 0) is 0 Å². The topological polar surface area (TPSA) is 40.6 Å². The Morgan fingerprint density at radius 1 is 0.214 bits per heavy atom. The van der Waals surface area contributed by atoms with Gasteiger partial charge in [-0.3, -0.25) is 4.57 Å². The Balaban J connectivity index is 0.769. The average molecular weight is 1300 g/mol. The highest BCUT2D eigenvalue weighted by atomic mass is 32.1. The van der Waals surface area contributed by atoms with E-state index in [1.807, 2.05) is 34.0 Å². The van der Waals surface area contributed by atoms with Crippen LogP contribution in [-0.4, -0.2) is 23.7 Å². The van der Waals surface area contributed by atoms with Crippen LogP contribution in [0.25, 0.3) is 210 Å². The Morgan fingerprint density at radius 2 is 0.571 bits per heavy atom. The van der Waals surface area contributed by atoms with Gasteiger partial charge in [-0.25, -0.2) is 9.97 Å².